The third-order valence-corrected chi connectivity index (χ3v) is 4.79. The van der Waals surface area contributed by atoms with Crippen molar-refractivity contribution in [1.82, 2.24) is 15.1 Å². The van der Waals surface area contributed by atoms with Gasteiger partial charge < -0.3 is 9.64 Å². The van der Waals surface area contributed by atoms with Gasteiger partial charge in [-0.25, -0.2) is 0 Å². The van der Waals surface area contributed by atoms with Crippen LogP contribution in [0.2, 0.25) is 0 Å². The number of hydrogen-bond donors (Lipinski definition) is 1. The molecule has 0 aliphatic carbocycles. The molecule has 1 aliphatic heterocycles. The topological polar surface area (TPSA) is 58.2 Å². The lowest BCUT2D eigenvalue weighted by atomic mass is 9.97. The van der Waals surface area contributed by atoms with Crippen LogP contribution in [0.3, 0.4) is 0 Å². The summed E-state index contributed by atoms with van der Waals surface area (Å²) in [6.07, 6.45) is 2.00. The number of piperidine rings is 1. The number of amides is 1. The largest absolute Gasteiger partial charge is 0.384 e. The Morgan fingerprint density at radius 2 is 2.33 bits per heavy atom. The van der Waals surface area contributed by atoms with Gasteiger partial charge in [0.05, 0.1) is 10.6 Å². The predicted octanol–water partition coefficient (Wildman–Crippen LogP) is 2.64. The quantitative estimate of drug-likeness (QED) is 0.944. The van der Waals surface area contributed by atoms with Gasteiger partial charge >= 0.3 is 0 Å². The number of nitrogens with one attached hydrogen (secondary N) is 1. The Labute approximate surface area is 127 Å². The van der Waals surface area contributed by atoms with Crippen LogP contribution in [-0.2, 0) is 4.74 Å². The minimum absolute atomic E-state index is 0.0184. The number of ether oxygens (including phenoxy) is 1. The number of aromatic amines is 1. The summed E-state index contributed by atoms with van der Waals surface area (Å²) in [6, 6.07) is 5.85. The normalized spacial score (nSPS) is 16.3. The zero-order valence-corrected chi connectivity index (χ0v) is 12.9. The first-order valence-corrected chi connectivity index (χ1v) is 8.03. The Balaban J connectivity index is 1.64. The molecule has 21 heavy (non-hydrogen) atoms. The lowest BCUT2D eigenvalue weighted by Gasteiger charge is -2.31. The number of rotatable bonds is 4. The summed E-state index contributed by atoms with van der Waals surface area (Å²) < 4.78 is 5.19. The summed E-state index contributed by atoms with van der Waals surface area (Å²) in [5.74, 6) is 0.588. The summed E-state index contributed by atoms with van der Waals surface area (Å²) in [4.78, 5) is 15.4. The van der Waals surface area contributed by atoms with Crippen LogP contribution < -0.4 is 0 Å². The first-order chi connectivity index (χ1) is 10.3. The molecule has 0 unspecified atom stereocenters. The smallest absolute Gasteiger partial charge is 0.274 e. The summed E-state index contributed by atoms with van der Waals surface area (Å²) in [5.41, 5.74) is 1.41. The molecule has 0 radical (unpaired) electrons. The van der Waals surface area contributed by atoms with E-state index in [0.717, 1.165) is 43.1 Å². The molecule has 0 bridgehead atoms. The van der Waals surface area contributed by atoms with E-state index in [9.17, 15) is 4.79 Å². The van der Waals surface area contributed by atoms with Gasteiger partial charge in [-0.05, 0) is 36.3 Å². The maximum atomic E-state index is 12.5. The molecular formula is C15H19N3O2S. The second kappa shape index (κ2) is 6.41. The van der Waals surface area contributed by atoms with Crippen LogP contribution in [0.1, 0.15) is 23.3 Å². The standard InChI is InChI=1S/C15H19N3O2S/c1-20-10-11-4-6-18(7-5-11)15(19)13-9-12(16-17-13)14-3-2-8-21-14/h2-3,8-9,11H,4-7,10H2,1H3,(H,16,17). The summed E-state index contributed by atoms with van der Waals surface area (Å²) >= 11 is 1.63. The molecule has 2 aromatic heterocycles. The van der Waals surface area contributed by atoms with Gasteiger partial charge in [0.25, 0.3) is 5.91 Å². The molecule has 0 saturated carbocycles. The summed E-state index contributed by atoms with van der Waals surface area (Å²) in [7, 11) is 1.73. The monoisotopic (exact) mass is 305 g/mol. The molecule has 0 spiro atoms. The third-order valence-electron chi connectivity index (χ3n) is 3.89. The van der Waals surface area contributed by atoms with E-state index in [0.29, 0.717) is 11.6 Å². The van der Waals surface area contributed by atoms with E-state index in [1.165, 1.54) is 0 Å². The molecule has 1 aliphatic rings. The van der Waals surface area contributed by atoms with E-state index in [4.69, 9.17) is 4.74 Å². The highest BCUT2D eigenvalue weighted by molar-refractivity contribution is 7.13. The van der Waals surface area contributed by atoms with Crippen molar-refractivity contribution in [3.8, 4) is 10.6 Å². The van der Waals surface area contributed by atoms with E-state index in [1.807, 2.05) is 28.5 Å². The number of likely N-dealkylation sites (tertiary alicyclic amines) is 1. The van der Waals surface area contributed by atoms with Crippen LogP contribution in [-0.4, -0.2) is 47.8 Å². The molecule has 3 heterocycles. The molecule has 0 atom stereocenters. The van der Waals surface area contributed by atoms with Crippen LogP contribution in [0.25, 0.3) is 10.6 Å². The third kappa shape index (κ3) is 3.16. The number of aromatic nitrogens is 2. The fraction of sp³-hybridized carbons (Fsp3) is 0.467. The highest BCUT2D eigenvalue weighted by Crippen LogP contribution is 2.24. The lowest BCUT2D eigenvalue weighted by molar-refractivity contribution is 0.0608. The number of methoxy groups -OCH3 is 1. The molecule has 2 aromatic rings. The molecule has 1 amide bonds. The summed E-state index contributed by atoms with van der Waals surface area (Å²) in [5, 5.41) is 9.13. The van der Waals surface area contributed by atoms with Gasteiger partial charge in [0.15, 0.2) is 5.69 Å². The van der Waals surface area contributed by atoms with Crippen molar-refractivity contribution in [3.63, 3.8) is 0 Å². The molecule has 112 valence electrons. The molecule has 1 fully saturated rings. The van der Waals surface area contributed by atoms with Gasteiger partial charge in [-0.3, -0.25) is 9.89 Å². The van der Waals surface area contributed by atoms with Crippen molar-refractivity contribution in [2.75, 3.05) is 26.8 Å². The van der Waals surface area contributed by atoms with E-state index in [-0.39, 0.29) is 5.91 Å². The SMILES string of the molecule is COCC1CCN(C(=O)c2cc(-c3cccs3)[nH]n2)CC1. The minimum Gasteiger partial charge on any atom is -0.384 e. The van der Waals surface area contributed by atoms with Crippen LogP contribution in [0.4, 0.5) is 0 Å². The van der Waals surface area contributed by atoms with Crippen LogP contribution in [0, 0.1) is 5.92 Å². The molecule has 1 N–H and O–H groups in total. The Morgan fingerprint density at radius 1 is 1.52 bits per heavy atom. The van der Waals surface area contributed by atoms with Gasteiger partial charge in [-0.1, -0.05) is 6.07 Å². The van der Waals surface area contributed by atoms with E-state index in [1.54, 1.807) is 18.4 Å². The van der Waals surface area contributed by atoms with E-state index >= 15 is 0 Å². The number of hydrogen-bond acceptors (Lipinski definition) is 4. The molecule has 6 heteroatoms. The Bertz CT molecular complexity index is 586. The number of thiophene rings is 1. The van der Waals surface area contributed by atoms with Crippen LogP contribution in [0.5, 0.6) is 0 Å². The highest BCUT2D eigenvalue weighted by Gasteiger charge is 2.25. The number of nitrogens with zero attached hydrogens (tertiary/aromatic N) is 2. The average Bonchev–Trinajstić information content (AvgIpc) is 3.19. The number of carbonyl (C=O) groups excluding carboxylic acids is 1. The van der Waals surface area contributed by atoms with Crippen molar-refractivity contribution in [1.29, 1.82) is 0 Å². The fourth-order valence-electron chi connectivity index (χ4n) is 2.69. The Hall–Kier alpha value is -1.66. The zero-order valence-electron chi connectivity index (χ0n) is 12.0. The molecular weight excluding hydrogens is 286 g/mol. The van der Waals surface area contributed by atoms with Crippen molar-refractivity contribution >= 4 is 17.2 Å². The van der Waals surface area contributed by atoms with Gasteiger partial charge in [-0.2, -0.15) is 5.10 Å². The van der Waals surface area contributed by atoms with Crippen LogP contribution >= 0.6 is 11.3 Å². The Kier molecular flexibility index (Phi) is 4.36. The first kappa shape index (κ1) is 14.3. The minimum atomic E-state index is 0.0184. The maximum absolute atomic E-state index is 12.5. The van der Waals surface area contributed by atoms with Crippen molar-refractivity contribution < 1.29 is 9.53 Å². The van der Waals surface area contributed by atoms with Gasteiger partial charge in [0, 0.05) is 26.8 Å². The second-order valence-corrected chi connectivity index (χ2v) is 6.28. The van der Waals surface area contributed by atoms with Gasteiger partial charge in [0.1, 0.15) is 0 Å². The molecule has 5 nitrogen and oxygen atoms in total. The van der Waals surface area contributed by atoms with Crippen molar-refractivity contribution in [2.24, 2.45) is 5.92 Å². The van der Waals surface area contributed by atoms with Gasteiger partial charge in [-0.15, -0.1) is 11.3 Å². The van der Waals surface area contributed by atoms with Crippen molar-refractivity contribution in [2.45, 2.75) is 12.8 Å². The lowest BCUT2D eigenvalue weighted by Crippen LogP contribution is -2.39. The van der Waals surface area contributed by atoms with E-state index in [2.05, 4.69) is 10.2 Å². The molecule has 1 saturated heterocycles. The van der Waals surface area contributed by atoms with Crippen molar-refractivity contribution in [3.05, 3.63) is 29.3 Å². The molecule has 3 rings (SSSR count). The van der Waals surface area contributed by atoms with E-state index < -0.39 is 0 Å². The van der Waals surface area contributed by atoms with Gasteiger partial charge in [0.2, 0.25) is 0 Å². The first-order valence-electron chi connectivity index (χ1n) is 7.15. The van der Waals surface area contributed by atoms with Crippen LogP contribution in [0.15, 0.2) is 23.6 Å². The zero-order chi connectivity index (χ0) is 14.7. The maximum Gasteiger partial charge on any atom is 0.274 e. The fourth-order valence-corrected chi connectivity index (χ4v) is 3.38. The molecule has 0 aromatic carbocycles. The highest BCUT2D eigenvalue weighted by atomic mass is 32.1. The second-order valence-electron chi connectivity index (χ2n) is 5.34. The summed E-state index contributed by atoms with van der Waals surface area (Å²) in [6.45, 7) is 2.36. The predicted molar refractivity (Wildman–Crippen MR) is 82.4 cm³/mol. The number of carbonyl (C=O) groups is 1. The Morgan fingerprint density at radius 3 is 3.00 bits per heavy atom. The number of H-pyrrole nitrogens is 1. The average molecular weight is 305 g/mol.